The minimum Gasteiger partial charge on any atom is -0.481 e. The molecule has 6 heteroatoms. The summed E-state index contributed by atoms with van der Waals surface area (Å²) in [6.45, 7) is 0.154. The number of pyridine rings is 1. The third-order valence-corrected chi connectivity index (χ3v) is 2.58. The number of amides is 1. The van der Waals surface area contributed by atoms with E-state index < -0.39 is 12.1 Å². The normalized spacial score (nSPS) is 9.90. The summed E-state index contributed by atoms with van der Waals surface area (Å²) in [6, 6.07) is 14.0. The Labute approximate surface area is 121 Å². The predicted molar refractivity (Wildman–Crippen MR) is 75.8 cm³/mol. The minimum atomic E-state index is -0.980. The molecule has 21 heavy (non-hydrogen) atoms. The van der Waals surface area contributed by atoms with Crippen LogP contribution in [0, 0.1) is 0 Å². The van der Waals surface area contributed by atoms with Gasteiger partial charge in [0.05, 0.1) is 12.1 Å². The fourth-order valence-electron chi connectivity index (χ4n) is 1.67. The van der Waals surface area contributed by atoms with Crippen molar-refractivity contribution in [1.29, 1.82) is 0 Å². The fraction of sp³-hybridized carbons (Fsp3) is 0.133. The van der Waals surface area contributed by atoms with Gasteiger partial charge < -0.3 is 9.84 Å². The monoisotopic (exact) mass is 286 g/mol. The highest BCUT2D eigenvalue weighted by Crippen LogP contribution is 2.07. The lowest BCUT2D eigenvalue weighted by molar-refractivity contribution is -0.136. The number of aromatic nitrogens is 1. The van der Waals surface area contributed by atoms with Gasteiger partial charge in [0.1, 0.15) is 12.4 Å². The molecular weight excluding hydrogens is 272 g/mol. The lowest BCUT2D eigenvalue weighted by Crippen LogP contribution is -2.15. The molecule has 0 aliphatic rings. The molecule has 2 rings (SSSR count). The zero-order valence-corrected chi connectivity index (χ0v) is 11.2. The van der Waals surface area contributed by atoms with Crippen molar-refractivity contribution in [1.82, 2.24) is 4.98 Å². The van der Waals surface area contributed by atoms with Crippen LogP contribution in [0.1, 0.15) is 11.3 Å². The summed E-state index contributed by atoms with van der Waals surface area (Å²) >= 11 is 0. The van der Waals surface area contributed by atoms with Crippen molar-refractivity contribution >= 4 is 17.9 Å². The van der Waals surface area contributed by atoms with Crippen LogP contribution >= 0.6 is 0 Å². The highest BCUT2D eigenvalue weighted by Gasteiger charge is 2.07. The molecule has 1 heterocycles. The number of carbonyl (C=O) groups excluding carboxylic acids is 1. The first-order valence-electron chi connectivity index (χ1n) is 6.29. The Hall–Kier alpha value is -2.89. The van der Waals surface area contributed by atoms with Gasteiger partial charge in [0, 0.05) is 0 Å². The SMILES string of the molecule is O=C(O)Cc1cccc(NC(=O)OCc2ccccc2)n1. The van der Waals surface area contributed by atoms with Crippen molar-refractivity contribution in [2.75, 3.05) is 5.32 Å². The maximum atomic E-state index is 11.6. The van der Waals surface area contributed by atoms with Crippen molar-refractivity contribution in [3.63, 3.8) is 0 Å². The first kappa shape index (κ1) is 14.5. The third-order valence-electron chi connectivity index (χ3n) is 2.58. The molecule has 2 aromatic rings. The first-order chi connectivity index (χ1) is 10.1. The van der Waals surface area contributed by atoms with Crippen molar-refractivity contribution in [3.8, 4) is 0 Å². The highest BCUT2D eigenvalue weighted by molar-refractivity contribution is 5.83. The number of ether oxygens (including phenoxy) is 1. The first-order valence-corrected chi connectivity index (χ1v) is 6.29. The molecule has 0 atom stereocenters. The zero-order chi connectivity index (χ0) is 15.1. The highest BCUT2D eigenvalue weighted by atomic mass is 16.5. The number of hydrogen-bond acceptors (Lipinski definition) is 4. The van der Waals surface area contributed by atoms with E-state index in [0.717, 1.165) is 5.56 Å². The summed E-state index contributed by atoms with van der Waals surface area (Å²) in [5.74, 6) is -0.724. The molecule has 0 aliphatic heterocycles. The second-order valence-electron chi connectivity index (χ2n) is 4.27. The van der Waals surface area contributed by atoms with Crippen molar-refractivity contribution in [3.05, 3.63) is 59.8 Å². The van der Waals surface area contributed by atoms with Crippen LogP contribution in [0.2, 0.25) is 0 Å². The smallest absolute Gasteiger partial charge is 0.413 e. The summed E-state index contributed by atoms with van der Waals surface area (Å²) in [7, 11) is 0. The molecule has 108 valence electrons. The molecule has 0 bridgehead atoms. The molecule has 0 spiro atoms. The maximum Gasteiger partial charge on any atom is 0.413 e. The van der Waals surface area contributed by atoms with Crippen molar-refractivity contribution in [2.45, 2.75) is 13.0 Å². The van der Waals surface area contributed by atoms with E-state index in [-0.39, 0.29) is 18.8 Å². The van der Waals surface area contributed by atoms with Crippen LogP contribution in [0.15, 0.2) is 48.5 Å². The Morgan fingerprint density at radius 2 is 1.86 bits per heavy atom. The van der Waals surface area contributed by atoms with Gasteiger partial charge in [0.2, 0.25) is 0 Å². The van der Waals surface area contributed by atoms with Crippen molar-refractivity contribution in [2.24, 2.45) is 0 Å². The second-order valence-corrected chi connectivity index (χ2v) is 4.27. The molecule has 0 saturated carbocycles. The van der Waals surface area contributed by atoms with Gasteiger partial charge in [0.25, 0.3) is 0 Å². The molecule has 2 N–H and O–H groups in total. The summed E-state index contributed by atoms with van der Waals surface area (Å²) in [6.07, 6.45) is -0.840. The Balaban J connectivity index is 1.89. The van der Waals surface area contributed by atoms with Gasteiger partial charge in [-0.1, -0.05) is 36.4 Å². The van der Waals surface area contributed by atoms with Gasteiger partial charge in [-0.15, -0.1) is 0 Å². The van der Waals surface area contributed by atoms with Crippen LogP contribution in [0.5, 0.6) is 0 Å². The van der Waals surface area contributed by atoms with Gasteiger partial charge in [-0.3, -0.25) is 10.1 Å². The molecule has 1 aromatic heterocycles. The third kappa shape index (κ3) is 4.94. The number of hydrogen-bond donors (Lipinski definition) is 2. The number of carboxylic acid groups (broad SMARTS) is 1. The van der Waals surface area contributed by atoms with Gasteiger partial charge >= 0.3 is 12.1 Å². The zero-order valence-electron chi connectivity index (χ0n) is 11.2. The molecule has 0 saturated heterocycles. The number of carboxylic acids is 1. The molecule has 0 unspecified atom stereocenters. The molecule has 6 nitrogen and oxygen atoms in total. The minimum absolute atomic E-state index is 0.154. The summed E-state index contributed by atoms with van der Waals surface area (Å²) in [5, 5.41) is 11.2. The molecular formula is C15H14N2O4. The standard InChI is InChI=1S/C15H14N2O4/c18-14(19)9-12-7-4-8-13(16-12)17-15(20)21-10-11-5-2-1-3-6-11/h1-8H,9-10H2,(H,18,19)(H,16,17,20). The predicted octanol–water partition coefficient (Wildman–Crippen LogP) is 2.46. The quantitative estimate of drug-likeness (QED) is 0.881. The van der Waals surface area contributed by atoms with Crippen LogP contribution in [0.25, 0.3) is 0 Å². The number of rotatable bonds is 5. The molecule has 0 radical (unpaired) electrons. The second kappa shape index (κ2) is 7.04. The average Bonchev–Trinajstić information content (AvgIpc) is 2.46. The number of benzene rings is 1. The van der Waals surface area contributed by atoms with Gasteiger partial charge in [-0.25, -0.2) is 9.78 Å². The Morgan fingerprint density at radius 3 is 2.57 bits per heavy atom. The largest absolute Gasteiger partial charge is 0.481 e. The van der Waals surface area contributed by atoms with E-state index in [1.165, 1.54) is 0 Å². The van der Waals surface area contributed by atoms with E-state index in [1.807, 2.05) is 30.3 Å². The van der Waals surface area contributed by atoms with Crippen LogP contribution in [-0.2, 0) is 22.6 Å². The molecule has 0 fully saturated rings. The van der Waals surface area contributed by atoms with Crippen LogP contribution in [-0.4, -0.2) is 22.2 Å². The van der Waals surface area contributed by atoms with Crippen LogP contribution in [0.3, 0.4) is 0 Å². The average molecular weight is 286 g/mol. The molecule has 1 aromatic carbocycles. The summed E-state index contributed by atoms with van der Waals surface area (Å²) < 4.78 is 5.05. The van der Waals surface area contributed by atoms with Crippen molar-refractivity contribution < 1.29 is 19.4 Å². The topological polar surface area (TPSA) is 88.5 Å². The lowest BCUT2D eigenvalue weighted by Gasteiger charge is -2.07. The van der Waals surface area contributed by atoms with Crippen LogP contribution in [0.4, 0.5) is 10.6 Å². The Morgan fingerprint density at radius 1 is 1.10 bits per heavy atom. The number of nitrogens with one attached hydrogen (secondary N) is 1. The van der Waals surface area contributed by atoms with Gasteiger partial charge in [0.15, 0.2) is 0 Å². The molecule has 0 aliphatic carbocycles. The number of aliphatic carboxylic acids is 1. The lowest BCUT2D eigenvalue weighted by atomic mass is 10.2. The summed E-state index contributed by atoms with van der Waals surface area (Å²) in [4.78, 5) is 26.3. The fourth-order valence-corrected chi connectivity index (χ4v) is 1.67. The molecule has 1 amide bonds. The van der Waals surface area contributed by atoms with E-state index in [2.05, 4.69) is 10.3 Å². The van der Waals surface area contributed by atoms with E-state index in [0.29, 0.717) is 5.69 Å². The number of nitrogens with zero attached hydrogens (tertiary/aromatic N) is 1. The Bertz CT molecular complexity index is 629. The maximum absolute atomic E-state index is 11.6. The number of carbonyl (C=O) groups is 2. The van der Waals surface area contributed by atoms with Gasteiger partial charge in [-0.2, -0.15) is 0 Å². The van der Waals surface area contributed by atoms with Crippen LogP contribution < -0.4 is 5.32 Å². The van der Waals surface area contributed by atoms with E-state index in [4.69, 9.17) is 9.84 Å². The number of anilines is 1. The van der Waals surface area contributed by atoms with E-state index >= 15 is 0 Å². The van der Waals surface area contributed by atoms with Gasteiger partial charge in [-0.05, 0) is 17.7 Å². The summed E-state index contributed by atoms with van der Waals surface area (Å²) in [5.41, 5.74) is 1.24. The van der Waals surface area contributed by atoms with E-state index in [1.54, 1.807) is 18.2 Å². The van der Waals surface area contributed by atoms with E-state index in [9.17, 15) is 9.59 Å². The Kier molecular flexibility index (Phi) is 4.87.